The highest BCUT2D eigenvalue weighted by atomic mass is 16.1. The summed E-state index contributed by atoms with van der Waals surface area (Å²) in [7, 11) is 0. The van der Waals surface area contributed by atoms with Crippen LogP contribution in [0, 0.1) is 26.7 Å². The number of nitrogens with zero attached hydrogens (tertiary/aromatic N) is 4. The lowest BCUT2D eigenvalue weighted by Gasteiger charge is -2.19. The number of hydrogen-bond donors (Lipinski definition) is 1. The quantitative estimate of drug-likeness (QED) is 0.751. The van der Waals surface area contributed by atoms with E-state index in [1.807, 2.05) is 30.7 Å². The number of fused-ring (bicyclic) bond motifs is 1. The average Bonchev–Trinajstić information content (AvgIpc) is 3.39. The molecule has 1 amide bonds. The van der Waals surface area contributed by atoms with Crippen LogP contribution in [0.25, 0.3) is 10.9 Å². The van der Waals surface area contributed by atoms with E-state index in [4.69, 9.17) is 0 Å². The first-order valence-corrected chi connectivity index (χ1v) is 9.55. The molecule has 1 aromatic carbocycles. The van der Waals surface area contributed by atoms with Gasteiger partial charge in [-0.3, -0.25) is 9.78 Å². The van der Waals surface area contributed by atoms with E-state index >= 15 is 0 Å². The molecule has 1 aliphatic rings. The molecule has 0 aliphatic heterocycles. The number of rotatable bonds is 5. The van der Waals surface area contributed by atoms with Crippen LogP contribution in [0.3, 0.4) is 0 Å². The van der Waals surface area contributed by atoms with Crippen molar-refractivity contribution in [1.82, 2.24) is 25.1 Å². The fraction of sp³-hybridized carbons (Fsp3) is 0.429. The third kappa shape index (κ3) is 3.20. The topological polar surface area (TPSA) is 72.7 Å². The Labute approximate surface area is 159 Å². The Morgan fingerprint density at radius 3 is 2.78 bits per heavy atom. The van der Waals surface area contributed by atoms with Gasteiger partial charge in [-0.2, -0.15) is 5.10 Å². The van der Waals surface area contributed by atoms with Gasteiger partial charge in [0.1, 0.15) is 12.2 Å². The predicted molar refractivity (Wildman–Crippen MR) is 105 cm³/mol. The summed E-state index contributed by atoms with van der Waals surface area (Å²) in [6.07, 6.45) is 3.78. The first-order chi connectivity index (χ1) is 13.0. The van der Waals surface area contributed by atoms with E-state index in [-0.39, 0.29) is 11.9 Å². The number of amides is 1. The van der Waals surface area contributed by atoms with Crippen LogP contribution in [0.1, 0.15) is 58.8 Å². The van der Waals surface area contributed by atoms with Crippen LogP contribution in [-0.2, 0) is 6.54 Å². The number of aryl methyl sites for hydroxylation is 4. The fourth-order valence-corrected chi connectivity index (χ4v) is 3.64. The Morgan fingerprint density at radius 1 is 1.30 bits per heavy atom. The molecule has 1 atom stereocenters. The molecule has 140 valence electrons. The Hall–Kier alpha value is -2.76. The number of nitrogens with one attached hydrogen (secondary N) is 1. The molecule has 0 bridgehead atoms. The predicted octanol–water partition coefficient (Wildman–Crippen LogP) is 3.65. The Balaban J connectivity index is 1.73. The number of pyridine rings is 1. The van der Waals surface area contributed by atoms with Gasteiger partial charge >= 0.3 is 0 Å². The maximum atomic E-state index is 13.2. The Morgan fingerprint density at radius 2 is 2.07 bits per heavy atom. The molecule has 1 N–H and O–H groups in total. The lowest BCUT2D eigenvalue weighted by Crippen LogP contribution is -2.32. The van der Waals surface area contributed by atoms with Gasteiger partial charge in [0.2, 0.25) is 0 Å². The van der Waals surface area contributed by atoms with Crippen LogP contribution < -0.4 is 5.32 Å². The monoisotopic (exact) mass is 363 g/mol. The third-order valence-electron chi connectivity index (χ3n) is 5.48. The number of carbonyl (C=O) groups is 1. The second kappa shape index (κ2) is 6.76. The number of benzene rings is 1. The third-order valence-corrected chi connectivity index (χ3v) is 5.48. The second-order valence-electron chi connectivity index (χ2n) is 7.44. The first kappa shape index (κ1) is 17.6. The highest BCUT2D eigenvalue weighted by Crippen LogP contribution is 2.40. The van der Waals surface area contributed by atoms with Crippen LogP contribution in [0.15, 0.2) is 24.5 Å². The maximum Gasteiger partial charge on any atom is 0.252 e. The molecule has 0 saturated heterocycles. The van der Waals surface area contributed by atoms with E-state index in [2.05, 4.69) is 40.3 Å². The van der Waals surface area contributed by atoms with Crippen LogP contribution in [0.5, 0.6) is 0 Å². The highest BCUT2D eigenvalue weighted by Gasteiger charge is 2.36. The largest absolute Gasteiger partial charge is 0.342 e. The van der Waals surface area contributed by atoms with Crippen molar-refractivity contribution >= 4 is 16.8 Å². The molecule has 3 aromatic rings. The van der Waals surface area contributed by atoms with Gasteiger partial charge in [-0.05, 0) is 63.6 Å². The summed E-state index contributed by atoms with van der Waals surface area (Å²) in [6, 6.07) is 5.83. The highest BCUT2D eigenvalue weighted by molar-refractivity contribution is 6.07. The van der Waals surface area contributed by atoms with E-state index in [0.29, 0.717) is 11.5 Å². The van der Waals surface area contributed by atoms with Gasteiger partial charge in [0.25, 0.3) is 5.91 Å². The minimum absolute atomic E-state index is 0.0729. The first-order valence-electron chi connectivity index (χ1n) is 9.55. The van der Waals surface area contributed by atoms with E-state index < -0.39 is 0 Å². The maximum absolute atomic E-state index is 13.2. The molecular formula is C21H25N5O. The van der Waals surface area contributed by atoms with Gasteiger partial charge in [0.15, 0.2) is 0 Å². The fourth-order valence-electron chi connectivity index (χ4n) is 3.64. The molecule has 4 rings (SSSR count). The minimum Gasteiger partial charge on any atom is -0.342 e. The van der Waals surface area contributed by atoms with Gasteiger partial charge in [-0.25, -0.2) is 9.67 Å². The zero-order valence-electron chi connectivity index (χ0n) is 16.3. The van der Waals surface area contributed by atoms with E-state index in [0.717, 1.165) is 47.4 Å². The van der Waals surface area contributed by atoms with E-state index in [9.17, 15) is 4.79 Å². The molecular weight excluding hydrogens is 338 g/mol. The zero-order valence-corrected chi connectivity index (χ0v) is 16.3. The van der Waals surface area contributed by atoms with E-state index in [1.54, 1.807) is 6.33 Å². The van der Waals surface area contributed by atoms with Gasteiger partial charge in [-0.15, -0.1) is 0 Å². The van der Waals surface area contributed by atoms with Crippen molar-refractivity contribution < 1.29 is 4.79 Å². The molecule has 2 aromatic heterocycles. The lowest BCUT2D eigenvalue weighted by atomic mass is 10.00. The van der Waals surface area contributed by atoms with Gasteiger partial charge in [0, 0.05) is 17.6 Å². The minimum atomic E-state index is -0.102. The van der Waals surface area contributed by atoms with Crippen molar-refractivity contribution in [1.29, 1.82) is 0 Å². The number of aromatic nitrogens is 4. The van der Waals surface area contributed by atoms with Gasteiger partial charge in [0.05, 0.1) is 17.1 Å². The van der Waals surface area contributed by atoms with Crippen molar-refractivity contribution in [3.05, 3.63) is 52.7 Å². The lowest BCUT2D eigenvalue weighted by molar-refractivity contribution is 0.0930. The molecule has 2 heterocycles. The molecule has 1 fully saturated rings. The smallest absolute Gasteiger partial charge is 0.252 e. The molecule has 6 heteroatoms. The molecule has 0 unspecified atom stereocenters. The van der Waals surface area contributed by atoms with E-state index in [1.165, 1.54) is 5.56 Å². The number of carbonyl (C=O) groups excluding carboxylic acids is 1. The zero-order chi connectivity index (χ0) is 19.1. The Kier molecular flexibility index (Phi) is 4.42. The van der Waals surface area contributed by atoms with Crippen LogP contribution in [-0.4, -0.2) is 25.7 Å². The van der Waals surface area contributed by atoms with Gasteiger partial charge in [-0.1, -0.05) is 12.1 Å². The van der Waals surface area contributed by atoms with Crippen molar-refractivity contribution in [2.24, 2.45) is 5.92 Å². The van der Waals surface area contributed by atoms with Crippen molar-refractivity contribution in [3.8, 4) is 0 Å². The van der Waals surface area contributed by atoms with Crippen molar-refractivity contribution in [2.75, 3.05) is 0 Å². The number of hydrogen-bond acceptors (Lipinski definition) is 4. The molecule has 0 spiro atoms. The average molecular weight is 363 g/mol. The Bertz CT molecular complexity index is 1020. The summed E-state index contributed by atoms with van der Waals surface area (Å²) >= 11 is 0. The summed E-state index contributed by atoms with van der Waals surface area (Å²) in [4.78, 5) is 22.4. The standard InChI is InChI=1S/C21H25N5O/c1-5-26-20(22-11-23-26)19(15-7-8-15)25-21(27)17-10-13(3)24-18-14(4)12(2)6-9-16(17)18/h6,9-11,15,19H,5,7-8H2,1-4H3,(H,25,27)/t19-/m1/s1. The molecule has 6 nitrogen and oxygen atoms in total. The summed E-state index contributed by atoms with van der Waals surface area (Å²) in [5, 5.41) is 8.41. The molecule has 1 aliphatic carbocycles. The molecule has 1 saturated carbocycles. The van der Waals surface area contributed by atoms with Crippen LogP contribution in [0.2, 0.25) is 0 Å². The molecule has 0 radical (unpaired) electrons. The molecule has 27 heavy (non-hydrogen) atoms. The second-order valence-corrected chi connectivity index (χ2v) is 7.44. The van der Waals surface area contributed by atoms with Crippen molar-refractivity contribution in [2.45, 2.75) is 53.1 Å². The van der Waals surface area contributed by atoms with Gasteiger partial charge < -0.3 is 5.32 Å². The normalized spacial score (nSPS) is 15.1. The summed E-state index contributed by atoms with van der Waals surface area (Å²) < 4.78 is 1.87. The summed E-state index contributed by atoms with van der Waals surface area (Å²) in [6.45, 7) is 8.84. The van der Waals surface area contributed by atoms with Crippen LogP contribution >= 0.6 is 0 Å². The summed E-state index contributed by atoms with van der Waals surface area (Å²) in [5.74, 6) is 1.20. The SMILES string of the molecule is CCn1ncnc1[C@H](NC(=O)c1cc(C)nc2c(C)c(C)ccc12)C1CC1. The van der Waals surface area contributed by atoms with Crippen molar-refractivity contribution in [3.63, 3.8) is 0 Å². The summed E-state index contributed by atoms with van der Waals surface area (Å²) in [5.41, 5.74) is 4.73. The van der Waals surface area contributed by atoms with Crippen LogP contribution in [0.4, 0.5) is 0 Å².